The summed E-state index contributed by atoms with van der Waals surface area (Å²) in [5, 5.41) is 6.63. The predicted octanol–water partition coefficient (Wildman–Crippen LogP) is 2.82. The Bertz CT molecular complexity index is 801. The number of methoxy groups -OCH3 is 1. The highest BCUT2D eigenvalue weighted by Crippen LogP contribution is 2.22. The van der Waals surface area contributed by atoms with Gasteiger partial charge >= 0.3 is 0 Å². The summed E-state index contributed by atoms with van der Waals surface area (Å²) in [4.78, 5) is 23.4. The van der Waals surface area contributed by atoms with Gasteiger partial charge in [-0.3, -0.25) is 9.59 Å². The summed E-state index contributed by atoms with van der Waals surface area (Å²) in [5.74, 6) is 0.571. The maximum atomic E-state index is 12.0. The van der Waals surface area contributed by atoms with E-state index in [9.17, 15) is 9.59 Å². The van der Waals surface area contributed by atoms with Crippen molar-refractivity contribution < 1.29 is 19.1 Å². The molecular weight excluding hydrogens is 346 g/mol. The van der Waals surface area contributed by atoms with Crippen molar-refractivity contribution >= 4 is 23.7 Å². The number of rotatable bonds is 8. The standard InChI is InChI=1S/C20H23N3O4/c1-14(2)20(25)23-21-12-15-8-10-16(11-9-15)27-13-19(24)22-17-6-4-5-7-18(17)26-3/h4-12,14H,13H2,1-3H3,(H,22,24)(H,23,25)/b21-12+. The van der Waals surface area contributed by atoms with Gasteiger partial charge < -0.3 is 14.8 Å². The summed E-state index contributed by atoms with van der Waals surface area (Å²) in [7, 11) is 1.54. The van der Waals surface area contributed by atoms with Crippen LogP contribution >= 0.6 is 0 Å². The van der Waals surface area contributed by atoms with E-state index in [0.717, 1.165) is 5.56 Å². The minimum atomic E-state index is -0.290. The van der Waals surface area contributed by atoms with E-state index in [1.807, 2.05) is 12.1 Å². The van der Waals surface area contributed by atoms with E-state index in [2.05, 4.69) is 15.8 Å². The van der Waals surface area contributed by atoms with E-state index in [-0.39, 0.29) is 24.3 Å². The Hall–Kier alpha value is -3.35. The first-order valence-corrected chi connectivity index (χ1v) is 8.48. The Morgan fingerprint density at radius 2 is 1.81 bits per heavy atom. The van der Waals surface area contributed by atoms with Crippen LogP contribution < -0.4 is 20.2 Å². The molecule has 7 nitrogen and oxygen atoms in total. The molecule has 0 bridgehead atoms. The predicted molar refractivity (Wildman–Crippen MR) is 104 cm³/mol. The maximum Gasteiger partial charge on any atom is 0.262 e. The van der Waals surface area contributed by atoms with Crippen molar-refractivity contribution in [2.24, 2.45) is 11.0 Å². The van der Waals surface area contributed by atoms with Gasteiger partial charge in [0.15, 0.2) is 6.61 Å². The van der Waals surface area contributed by atoms with E-state index in [1.165, 1.54) is 0 Å². The van der Waals surface area contributed by atoms with Crippen molar-refractivity contribution in [3.63, 3.8) is 0 Å². The lowest BCUT2D eigenvalue weighted by Crippen LogP contribution is -2.22. The molecule has 0 saturated heterocycles. The number of anilines is 1. The summed E-state index contributed by atoms with van der Waals surface area (Å²) in [5.41, 5.74) is 3.84. The van der Waals surface area contributed by atoms with Crippen LogP contribution in [0.3, 0.4) is 0 Å². The van der Waals surface area contributed by atoms with E-state index < -0.39 is 0 Å². The number of carbonyl (C=O) groups excluding carboxylic acids is 2. The average molecular weight is 369 g/mol. The molecule has 2 amide bonds. The van der Waals surface area contributed by atoms with Gasteiger partial charge in [0.05, 0.1) is 19.0 Å². The number of benzene rings is 2. The van der Waals surface area contributed by atoms with Crippen molar-refractivity contribution in [3.8, 4) is 11.5 Å². The largest absolute Gasteiger partial charge is 0.495 e. The lowest BCUT2D eigenvalue weighted by atomic mass is 10.2. The van der Waals surface area contributed by atoms with Crippen LogP contribution in [0.1, 0.15) is 19.4 Å². The van der Waals surface area contributed by atoms with Gasteiger partial charge in [0.2, 0.25) is 5.91 Å². The van der Waals surface area contributed by atoms with Crippen molar-refractivity contribution in [3.05, 3.63) is 54.1 Å². The molecule has 0 unspecified atom stereocenters. The van der Waals surface area contributed by atoms with E-state index in [0.29, 0.717) is 17.2 Å². The van der Waals surface area contributed by atoms with Crippen LogP contribution in [0.25, 0.3) is 0 Å². The normalized spacial score (nSPS) is 10.7. The van der Waals surface area contributed by atoms with Crippen LogP contribution in [-0.2, 0) is 9.59 Å². The second-order valence-electron chi connectivity index (χ2n) is 6.00. The zero-order chi connectivity index (χ0) is 19.6. The Morgan fingerprint density at radius 1 is 1.11 bits per heavy atom. The van der Waals surface area contributed by atoms with E-state index in [4.69, 9.17) is 9.47 Å². The number of amides is 2. The maximum absolute atomic E-state index is 12.0. The molecule has 0 aliphatic rings. The van der Waals surface area contributed by atoms with Gasteiger partial charge in [-0.05, 0) is 42.0 Å². The molecule has 7 heteroatoms. The molecule has 0 saturated carbocycles. The number of hydrazone groups is 1. The fraction of sp³-hybridized carbons (Fsp3) is 0.250. The molecule has 0 spiro atoms. The van der Waals surface area contributed by atoms with Crippen molar-refractivity contribution in [1.29, 1.82) is 0 Å². The van der Waals surface area contributed by atoms with Crippen LogP contribution in [0.4, 0.5) is 5.69 Å². The Balaban J connectivity index is 1.83. The van der Waals surface area contributed by atoms with Crippen LogP contribution in [0, 0.1) is 5.92 Å². The molecular formula is C20H23N3O4. The Labute approximate surface area is 158 Å². The minimum absolute atomic E-state index is 0.125. The molecule has 2 aromatic carbocycles. The average Bonchev–Trinajstić information content (AvgIpc) is 2.67. The smallest absolute Gasteiger partial charge is 0.262 e. The highest BCUT2D eigenvalue weighted by Gasteiger charge is 2.08. The van der Waals surface area contributed by atoms with Gasteiger partial charge in [0.1, 0.15) is 11.5 Å². The first-order chi connectivity index (χ1) is 13.0. The van der Waals surface area contributed by atoms with Crippen LogP contribution in [0.5, 0.6) is 11.5 Å². The van der Waals surface area contributed by atoms with Gasteiger partial charge in [-0.25, -0.2) is 5.43 Å². The molecule has 0 atom stereocenters. The lowest BCUT2D eigenvalue weighted by molar-refractivity contribution is -0.124. The monoisotopic (exact) mass is 369 g/mol. The number of hydrogen-bond donors (Lipinski definition) is 2. The van der Waals surface area contributed by atoms with Gasteiger partial charge in [-0.15, -0.1) is 0 Å². The molecule has 0 heterocycles. The summed E-state index contributed by atoms with van der Waals surface area (Å²) in [6.45, 7) is 3.46. The molecule has 2 N–H and O–H groups in total. The second kappa shape index (κ2) is 9.96. The molecule has 0 radical (unpaired) electrons. The molecule has 27 heavy (non-hydrogen) atoms. The van der Waals surface area contributed by atoms with Gasteiger partial charge in [0.25, 0.3) is 5.91 Å². The third-order valence-corrected chi connectivity index (χ3v) is 3.54. The van der Waals surface area contributed by atoms with E-state index in [1.54, 1.807) is 63.6 Å². The van der Waals surface area contributed by atoms with Crippen molar-refractivity contribution in [2.45, 2.75) is 13.8 Å². The number of para-hydroxylation sites is 2. The number of nitrogens with zero attached hydrogens (tertiary/aromatic N) is 1. The molecule has 142 valence electrons. The number of nitrogens with one attached hydrogen (secondary N) is 2. The summed E-state index contributed by atoms with van der Waals surface area (Å²) >= 11 is 0. The minimum Gasteiger partial charge on any atom is -0.495 e. The van der Waals surface area contributed by atoms with Gasteiger partial charge in [-0.2, -0.15) is 5.10 Å². The Kier molecular flexibility index (Phi) is 7.37. The SMILES string of the molecule is COc1ccccc1NC(=O)COc1ccc(/C=N/NC(=O)C(C)C)cc1. The number of carbonyl (C=O) groups is 2. The number of hydrogen-bond acceptors (Lipinski definition) is 5. The van der Waals surface area contributed by atoms with Crippen LogP contribution in [0.15, 0.2) is 53.6 Å². The highest BCUT2D eigenvalue weighted by atomic mass is 16.5. The molecule has 0 aromatic heterocycles. The summed E-state index contributed by atoms with van der Waals surface area (Å²) in [6, 6.07) is 14.2. The zero-order valence-electron chi connectivity index (χ0n) is 15.6. The highest BCUT2D eigenvalue weighted by molar-refractivity contribution is 5.93. The molecule has 2 rings (SSSR count). The quantitative estimate of drug-likeness (QED) is 0.553. The first-order valence-electron chi connectivity index (χ1n) is 8.48. The van der Waals surface area contributed by atoms with Crippen molar-refractivity contribution in [1.82, 2.24) is 5.43 Å². The van der Waals surface area contributed by atoms with Gasteiger partial charge in [-0.1, -0.05) is 26.0 Å². The Morgan fingerprint density at radius 3 is 2.48 bits per heavy atom. The summed E-state index contributed by atoms with van der Waals surface area (Å²) < 4.78 is 10.7. The number of ether oxygens (including phenoxy) is 2. The van der Waals surface area contributed by atoms with Gasteiger partial charge in [0, 0.05) is 5.92 Å². The van der Waals surface area contributed by atoms with Crippen LogP contribution in [-0.4, -0.2) is 31.7 Å². The topological polar surface area (TPSA) is 89.0 Å². The van der Waals surface area contributed by atoms with Crippen LogP contribution in [0.2, 0.25) is 0 Å². The summed E-state index contributed by atoms with van der Waals surface area (Å²) in [6.07, 6.45) is 1.54. The first kappa shape index (κ1) is 20.0. The van der Waals surface area contributed by atoms with Crippen molar-refractivity contribution in [2.75, 3.05) is 19.0 Å². The third kappa shape index (κ3) is 6.47. The molecule has 0 aliphatic heterocycles. The third-order valence-electron chi connectivity index (χ3n) is 3.54. The lowest BCUT2D eigenvalue weighted by Gasteiger charge is -2.10. The fourth-order valence-corrected chi connectivity index (χ4v) is 2.03. The van der Waals surface area contributed by atoms with E-state index >= 15 is 0 Å². The zero-order valence-corrected chi connectivity index (χ0v) is 15.6. The molecule has 0 fully saturated rings. The molecule has 0 aliphatic carbocycles. The molecule has 2 aromatic rings. The second-order valence-corrected chi connectivity index (χ2v) is 6.00. The fourth-order valence-electron chi connectivity index (χ4n) is 2.03.